The zero-order valence-corrected chi connectivity index (χ0v) is 16.3. The van der Waals surface area contributed by atoms with Gasteiger partial charge in [0.25, 0.3) is 5.91 Å². The third kappa shape index (κ3) is 5.83. The molecule has 1 aliphatic rings. The Balaban J connectivity index is 0.00000312. The molecule has 25 heavy (non-hydrogen) atoms. The van der Waals surface area contributed by atoms with Gasteiger partial charge in [0.2, 0.25) is 0 Å². The molecule has 1 atom stereocenters. The van der Waals surface area contributed by atoms with Crippen LogP contribution in [0.1, 0.15) is 61.2 Å². The second kappa shape index (κ2) is 9.36. The van der Waals surface area contributed by atoms with Crippen LogP contribution in [0, 0.1) is 6.92 Å². The van der Waals surface area contributed by atoms with E-state index in [9.17, 15) is 9.59 Å². The molecule has 1 saturated heterocycles. The van der Waals surface area contributed by atoms with Gasteiger partial charge < -0.3 is 19.8 Å². The van der Waals surface area contributed by atoms with E-state index in [4.69, 9.17) is 9.15 Å². The van der Waals surface area contributed by atoms with Crippen molar-refractivity contribution in [3.8, 4) is 0 Å². The van der Waals surface area contributed by atoms with E-state index in [0.717, 1.165) is 25.9 Å². The van der Waals surface area contributed by atoms with Crippen molar-refractivity contribution in [2.75, 3.05) is 26.3 Å². The molecule has 1 aromatic heterocycles. The fourth-order valence-corrected chi connectivity index (χ4v) is 2.96. The second-order valence-electron chi connectivity index (χ2n) is 7.01. The summed E-state index contributed by atoms with van der Waals surface area (Å²) < 4.78 is 10.8. The van der Waals surface area contributed by atoms with E-state index in [-0.39, 0.29) is 23.9 Å². The quantitative estimate of drug-likeness (QED) is 0.801. The number of ether oxygens (including phenoxy) is 1. The molecule has 2 N–H and O–H groups in total. The first-order valence-corrected chi connectivity index (χ1v) is 8.59. The summed E-state index contributed by atoms with van der Waals surface area (Å²) in [7, 11) is 0. The van der Waals surface area contributed by atoms with Crippen LogP contribution >= 0.6 is 12.4 Å². The maximum Gasteiger partial charge on any atom is 0.349 e. The predicted octanol–water partition coefficient (Wildman–Crippen LogP) is 2.38. The number of carbonyl (C=O) groups is 1. The van der Waals surface area contributed by atoms with Crippen LogP contribution in [0.3, 0.4) is 0 Å². The van der Waals surface area contributed by atoms with E-state index >= 15 is 0 Å². The molecule has 0 radical (unpaired) electrons. The van der Waals surface area contributed by atoms with E-state index in [0.29, 0.717) is 24.5 Å². The van der Waals surface area contributed by atoms with Gasteiger partial charge in [-0.2, -0.15) is 0 Å². The molecule has 0 saturated carbocycles. The lowest BCUT2D eigenvalue weighted by atomic mass is 9.95. The van der Waals surface area contributed by atoms with Crippen LogP contribution in [0.15, 0.2) is 15.3 Å². The van der Waals surface area contributed by atoms with Gasteiger partial charge in [0.15, 0.2) is 0 Å². The minimum atomic E-state index is -0.569. The van der Waals surface area contributed by atoms with Crippen LogP contribution in [0.25, 0.3) is 0 Å². The molecule has 0 spiro atoms. The molecular weight excluding hydrogens is 344 g/mol. The standard InChI is InChI=1S/C18H28N2O4.ClH/c1-5-23-11-18(3,4)20-16(21)15-12(2)9-14(24-17(15)22)13-7-6-8-19-10-13;/h9,13,19H,5-8,10-11H2,1-4H3,(H,20,21);1H. The monoisotopic (exact) mass is 372 g/mol. The van der Waals surface area contributed by atoms with Gasteiger partial charge in [-0.05, 0) is 58.7 Å². The molecule has 1 amide bonds. The molecule has 0 aliphatic carbocycles. The molecular formula is C18H29ClN2O4. The Morgan fingerprint density at radius 3 is 2.76 bits per heavy atom. The van der Waals surface area contributed by atoms with Crippen LogP contribution in [-0.2, 0) is 4.74 Å². The summed E-state index contributed by atoms with van der Waals surface area (Å²) >= 11 is 0. The fraction of sp³-hybridized carbons (Fsp3) is 0.667. The van der Waals surface area contributed by atoms with Gasteiger partial charge in [0.1, 0.15) is 11.3 Å². The number of hydrogen-bond acceptors (Lipinski definition) is 5. The normalized spacial score (nSPS) is 17.7. The van der Waals surface area contributed by atoms with E-state index < -0.39 is 17.1 Å². The molecule has 142 valence electrons. The number of carbonyl (C=O) groups excluding carboxylic acids is 1. The van der Waals surface area contributed by atoms with Crippen molar-refractivity contribution in [2.45, 2.75) is 52.0 Å². The van der Waals surface area contributed by atoms with Gasteiger partial charge in [-0.1, -0.05) is 0 Å². The van der Waals surface area contributed by atoms with E-state index in [2.05, 4.69) is 10.6 Å². The van der Waals surface area contributed by atoms with Gasteiger partial charge in [0, 0.05) is 19.1 Å². The number of piperidine rings is 1. The first-order valence-electron chi connectivity index (χ1n) is 8.59. The number of amides is 1. The average molecular weight is 373 g/mol. The van der Waals surface area contributed by atoms with E-state index in [1.807, 2.05) is 26.8 Å². The molecule has 2 rings (SSSR count). The van der Waals surface area contributed by atoms with E-state index in [1.54, 1.807) is 6.92 Å². The summed E-state index contributed by atoms with van der Waals surface area (Å²) in [4.78, 5) is 24.9. The number of halogens is 1. The maximum absolute atomic E-state index is 12.5. The lowest BCUT2D eigenvalue weighted by Crippen LogP contribution is -2.48. The van der Waals surface area contributed by atoms with Crippen LogP contribution in [0.5, 0.6) is 0 Å². The lowest BCUT2D eigenvalue weighted by molar-refractivity contribution is 0.0721. The summed E-state index contributed by atoms with van der Waals surface area (Å²) in [6, 6.07) is 1.82. The highest BCUT2D eigenvalue weighted by molar-refractivity contribution is 5.95. The Bertz CT molecular complexity index is 636. The summed E-state index contributed by atoms with van der Waals surface area (Å²) in [6.07, 6.45) is 2.05. The minimum Gasteiger partial charge on any atom is -0.427 e. The molecule has 1 aliphatic heterocycles. The molecule has 0 aromatic carbocycles. The fourth-order valence-electron chi connectivity index (χ4n) is 2.96. The zero-order valence-electron chi connectivity index (χ0n) is 15.4. The number of hydrogen-bond donors (Lipinski definition) is 2. The van der Waals surface area contributed by atoms with Crippen molar-refractivity contribution in [3.63, 3.8) is 0 Å². The van der Waals surface area contributed by atoms with Crippen molar-refractivity contribution in [1.29, 1.82) is 0 Å². The van der Waals surface area contributed by atoms with Crippen molar-refractivity contribution in [1.82, 2.24) is 10.6 Å². The van der Waals surface area contributed by atoms with Gasteiger partial charge in [-0.15, -0.1) is 12.4 Å². The molecule has 1 aromatic rings. The largest absolute Gasteiger partial charge is 0.427 e. The first kappa shape index (κ1) is 21.7. The van der Waals surface area contributed by atoms with Gasteiger partial charge in [0.05, 0.1) is 12.1 Å². The lowest BCUT2D eigenvalue weighted by Gasteiger charge is -2.26. The zero-order chi connectivity index (χ0) is 17.7. The summed E-state index contributed by atoms with van der Waals surface area (Å²) in [5.41, 5.74) is -0.401. The molecule has 0 bridgehead atoms. The molecule has 6 nitrogen and oxygen atoms in total. The number of nitrogens with one attached hydrogen (secondary N) is 2. The number of rotatable bonds is 6. The first-order chi connectivity index (χ1) is 11.3. The van der Waals surface area contributed by atoms with Crippen LogP contribution in [0.4, 0.5) is 0 Å². The summed E-state index contributed by atoms with van der Waals surface area (Å²) in [6.45, 7) is 10.1. The minimum absolute atomic E-state index is 0. The SMILES string of the molecule is CCOCC(C)(C)NC(=O)c1c(C)cc(C2CCCNC2)oc1=O.Cl. The maximum atomic E-state index is 12.5. The Morgan fingerprint density at radius 2 is 2.20 bits per heavy atom. The second-order valence-corrected chi connectivity index (χ2v) is 7.01. The van der Waals surface area contributed by atoms with Crippen molar-refractivity contribution >= 4 is 18.3 Å². The molecule has 2 heterocycles. The van der Waals surface area contributed by atoms with Crippen LogP contribution in [0.2, 0.25) is 0 Å². The Hall–Kier alpha value is -1.37. The van der Waals surface area contributed by atoms with E-state index in [1.165, 1.54) is 0 Å². The third-order valence-electron chi connectivity index (χ3n) is 4.21. The van der Waals surface area contributed by atoms with Crippen molar-refractivity contribution in [3.05, 3.63) is 33.4 Å². The van der Waals surface area contributed by atoms with Crippen molar-refractivity contribution in [2.24, 2.45) is 0 Å². The Kier molecular flexibility index (Phi) is 8.12. The molecule has 1 unspecified atom stereocenters. The van der Waals surface area contributed by atoms with Gasteiger partial charge in [-0.3, -0.25) is 4.79 Å². The highest BCUT2D eigenvalue weighted by atomic mass is 35.5. The smallest absolute Gasteiger partial charge is 0.349 e. The van der Waals surface area contributed by atoms with Crippen LogP contribution in [-0.4, -0.2) is 37.7 Å². The summed E-state index contributed by atoms with van der Waals surface area (Å²) in [5.74, 6) is 0.436. The van der Waals surface area contributed by atoms with Gasteiger partial charge in [-0.25, -0.2) is 4.79 Å². The molecule has 7 heteroatoms. The Morgan fingerprint density at radius 1 is 1.48 bits per heavy atom. The van der Waals surface area contributed by atoms with Crippen molar-refractivity contribution < 1.29 is 13.9 Å². The summed E-state index contributed by atoms with van der Waals surface area (Å²) in [5, 5.41) is 6.16. The van der Waals surface area contributed by atoms with Gasteiger partial charge >= 0.3 is 5.63 Å². The Labute approximate surface area is 155 Å². The predicted molar refractivity (Wildman–Crippen MR) is 99.8 cm³/mol. The highest BCUT2D eigenvalue weighted by Gasteiger charge is 2.26. The topological polar surface area (TPSA) is 80.6 Å². The highest BCUT2D eigenvalue weighted by Crippen LogP contribution is 2.23. The third-order valence-corrected chi connectivity index (χ3v) is 4.21. The number of aryl methyl sites for hydroxylation is 1. The average Bonchev–Trinajstić information content (AvgIpc) is 2.52. The van der Waals surface area contributed by atoms with Crippen LogP contribution < -0.4 is 16.3 Å². The molecule has 1 fully saturated rings.